The predicted octanol–water partition coefficient (Wildman–Crippen LogP) is 4.63. The molecule has 3 aromatic carbocycles. The highest BCUT2D eigenvalue weighted by Crippen LogP contribution is 2.18. The van der Waals surface area contributed by atoms with Gasteiger partial charge in [0.05, 0.1) is 12.1 Å². The first-order valence-corrected chi connectivity index (χ1v) is 17.5. The van der Waals surface area contributed by atoms with Crippen molar-refractivity contribution in [3.8, 4) is 5.75 Å². The number of amides is 4. The zero-order chi connectivity index (χ0) is 38.2. The van der Waals surface area contributed by atoms with Crippen molar-refractivity contribution < 1.29 is 42.5 Å². The molecule has 0 saturated carbocycles. The van der Waals surface area contributed by atoms with Gasteiger partial charge in [-0.3, -0.25) is 19.2 Å². The van der Waals surface area contributed by atoms with Gasteiger partial charge in [-0.2, -0.15) is 0 Å². The number of aliphatic hydroxyl groups is 1. The van der Waals surface area contributed by atoms with Crippen molar-refractivity contribution in [2.75, 3.05) is 26.8 Å². The predicted molar refractivity (Wildman–Crippen MR) is 193 cm³/mol. The summed E-state index contributed by atoms with van der Waals surface area (Å²) in [6.07, 6.45) is -1.58. The Labute approximate surface area is 304 Å². The van der Waals surface area contributed by atoms with Crippen molar-refractivity contribution in [2.45, 2.75) is 77.8 Å². The molecule has 0 aliphatic rings. The van der Waals surface area contributed by atoms with Crippen LogP contribution in [0.1, 0.15) is 73.2 Å². The molecule has 0 radical (unpaired) electrons. The first-order valence-electron chi connectivity index (χ1n) is 17.5. The maximum atomic E-state index is 13.9. The molecule has 0 aliphatic carbocycles. The molecule has 0 unspecified atom stereocenters. The summed E-state index contributed by atoms with van der Waals surface area (Å²) in [6.45, 7) is 8.40. The minimum absolute atomic E-state index is 0.120. The largest absolute Gasteiger partial charge is 0.491 e. The van der Waals surface area contributed by atoms with Gasteiger partial charge in [-0.15, -0.1) is 0 Å². The van der Waals surface area contributed by atoms with E-state index in [0.29, 0.717) is 24.7 Å². The molecule has 0 spiro atoms. The number of methoxy groups -OCH3 is 1. The van der Waals surface area contributed by atoms with E-state index in [1.165, 1.54) is 19.2 Å². The van der Waals surface area contributed by atoms with Crippen LogP contribution < -0.4 is 20.7 Å². The number of halogens is 2. The van der Waals surface area contributed by atoms with Gasteiger partial charge in [0.1, 0.15) is 36.1 Å². The van der Waals surface area contributed by atoms with Gasteiger partial charge in [-0.1, -0.05) is 64.1 Å². The van der Waals surface area contributed by atoms with E-state index >= 15 is 0 Å². The summed E-state index contributed by atoms with van der Waals surface area (Å²) < 4.78 is 38.8. The van der Waals surface area contributed by atoms with Crippen molar-refractivity contribution in [2.24, 2.45) is 5.92 Å². The Morgan fingerprint density at radius 2 is 1.46 bits per heavy atom. The Balaban J connectivity index is 1.78. The molecule has 4 N–H and O–H groups in total. The van der Waals surface area contributed by atoms with Crippen LogP contribution in [-0.4, -0.2) is 84.7 Å². The summed E-state index contributed by atoms with van der Waals surface area (Å²) in [5, 5.41) is 19.6. The van der Waals surface area contributed by atoms with Crippen LogP contribution in [0.5, 0.6) is 5.75 Å². The molecular formula is C39H50F2N4O7. The fourth-order valence-corrected chi connectivity index (χ4v) is 5.50. The average molecular weight is 725 g/mol. The quantitative estimate of drug-likeness (QED) is 0.133. The summed E-state index contributed by atoms with van der Waals surface area (Å²) in [6, 6.07) is 15.8. The SMILES string of the molecule is CCCN(CCC)C(=O)c1cccc(C(=O)N[C@@H](COc2cc(F)cc(F)c2)[C@@H](O)C[C@@H](OC)C(=O)N[C@H](C(=O)NCc2ccccc2)C(C)C)c1. The summed E-state index contributed by atoms with van der Waals surface area (Å²) in [5.74, 6) is -4.24. The zero-order valence-electron chi connectivity index (χ0n) is 30.4. The molecule has 3 aromatic rings. The van der Waals surface area contributed by atoms with Crippen LogP contribution in [-0.2, 0) is 20.9 Å². The number of hydrogen-bond donors (Lipinski definition) is 4. The first-order chi connectivity index (χ1) is 24.9. The smallest absolute Gasteiger partial charge is 0.253 e. The van der Waals surface area contributed by atoms with Gasteiger partial charge in [0.25, 0.3) is 11.8 Å². The van der Waals surface area contributed by atoms with Gasteiger partial charge in [0.2, 0.25) is 11.8 Å². The molecule has 0 aliphatic heterocycles. The molecule has 13 heteroatoms. The van der Waals surface area contributed by atoms with Gasteiger partial charge in [-0.05, 0) is 42.5 Å². The second-order valence-electron chi connectivity index (χ2n) is 12.8. The summed E-state index contributed by atoms with van der Waals surface area (Å²) in [5.41, 5.74) is 1.31. The van der Waals surface area contributed by atoms with Crippen LogP contribution in [0.3, 0.4) is 0 Å². The third-order valence-electron chi connectivity index (χ3n) is 8.28. The molecule has 282 valence electrons. The van der Waals surface area contributed by atoms with Crippen molar-refractivity contribution in [3.63, 3.8) is 0 Å². The highest BCUT2D eigenvalue weighted by molar-refractivity contribution is 5.99. The van der Waals surface area contributed by atoms with Crippen molar-refractivity contribution in [1.29, 1.82) is 0 Å². The number of rotatable bonds is 20. The lowest BCUT2D eigenvalue weighted by molar-refractivity contribution is -0.137. The van der Waals surface area contributed by atoms with E-state index in [2.05, 4.69) is 16.0 Å². The normalized spacial score (nSPS) is 13.4. The van der Waals surface area contributed by atoms with Crippen molar-refractivity contribution >= 4 is 23.6 Å². The van der Waals surface area contributed by atoms with Crippen LogP contribution >= 0.6 is 0 Å². The minimum atomic E-state index is -1.49. The topological polar surface area (TPSA) is 146 Å². The maximum Gasteiger partial charge on any atom is 0.253 e. The molecule has 0 saturated heterocycles. The van der Waals surface area contributed by atoms with E-state index in [0.717, 1.165) is 30.5 Å². The standard InChI is InChI=1S/C39H50F2N4O7/c1-6-16-45(17-7-2)39(50)28-15-11-14-27(18-28)36(47)43-32(24-52-31-20-29(40)19-30(41)21-31)33(46)22-34(51-5)37(48)44-35(25(3)4)38(49)42-23-26-12-9-8-10-13-26/h8-15,18-21,25,32-35,46H,6-7,16-17,22-24H2,1-5H3,(H,42,49)(H,43,47)(H,44,48)/t32-,33-,34+,35-/m0/s1. The van der Waals surface area contributed by atoms with Crippen molar-refractivity contribution in [3.05, 3.63) is 101 Å². The molecule has 0 heterocycles. The monoisotopic (exact) mass is 724 g/mol. The lowest BCUT2D eigenvalue weighted by Crippen LogP contribution is -2.54. The van der Waals surface area contributed by atoms with Gasteiger partial charge in [0.15, 0.2) is 0 Å². The second kappa shape index (κ2) is 20.8. The summed E-state index contributed by atoms with van der Waals surface area (Å²) in [7, 11) is 1.26. The number of aliphatic hydroxyl groups excluding tert-OH is 1. The number of carbonyl (C=O) groups excluding carboxylic acids is 4. The summed E-state index contributed by atoms with van der Waals surface area (Å²) >= 11 is 0. The fraction of sp³-hybridized carbons (Fsp3) is 0.436. The Hall–Kier alpha value is -4.88. The van der Waals surface area contributed by atoms with Crippen LogP contribution in [0.15, 0.2) is 72.8 Å². The Morgan fingerprint density at radius 3 is 2.06 bits per heavy atom. The molecule has 0 bridgehead atoms. The van der Waals surface area contributed by atoms with Gasteiger partial charge in [-0.25, -0.2) is 8.78 Å². The Morgan fingerprint density at radius 1 is 0.827 bits per heavy atom. The number of hydrogen-bond acceptors (Lipinski definition) is 7. The van der Waals surface area contributed by atoms with Gasteiger partial charge in [0, 0.05) is 62.5 Å². The number of benzene rings is 3. The van der Waals surface area contributed by atoms with E-state index in [9.17, 15) is 33.1 Å². The number of nitrogens with one attached hydrogen (secondary N) is 3. The third kappa shape index (κ3) is 12.7. The number of ether oxygens (including phenoxy) is 2. The van der Waals surface area contributed by atoms with Crippen LogP contribution in [0.25, 0.3) is 0 Å². The highest BCUT2D eigenvalue weighted by atomic mass is 19.1. The first kappa shape index (κ1) is 41.5. The molecule has 4 amide bonds. The number of nitrogens with zero attached hydrogens (tertiary/aromatic N) is 1. The molecule has 3 rings (SSSR count). The Kier molecular flexibility index (Phi) is 16.6. The van der Waals surface area contributed by atoms with Crippen LogP contribution in [0, 0.1) is 17.6 Å². The molecule has 11 nitrogen and oxygen atoms in total. The van der Waals surface area contributed by atoms with E-state index in [-0.39, 0.29) is 36.1 Å². The zero-order valence-corrected chi connectivity index (χ0v) is 30.4. The lowest BCUT2D eigenvalue weighted by atomic mass is 10.0. The summed E-state index contributed by atoms with van der Waals surface area (Å²) in [4.78, 5) is 55.0. The molecular weight excluding hydrogens is 674 g/mol. The van der Waals surface area contributed by atoms with Gasteiger partial charge >= 0.3 is 0 Å². The molecule has 0 fully saturated rings. The second-order valence-corrected chi connectivity index (χ2v) is 12.8. The average Bonchev–Trinajstić information content (AvgIpc) is 3.12. The highest BCUT2D eigenvalue weighted by Gasteiger charge is 2.32. The minimum Gasteiger partial charge on any atom is -0.491 e. The molecule has 52 heavy (non-hydrogen) atoms. The molecule has 0 aromatic heterocycles. The van der Waals surface area contributed by atoms with Crippen LogP contribution in [0.2, 0.25) is 0 Å². The fourth-order valence-electron chi connectivity index (χ4n) is 5.50. The van der Waals surface area contributed by atoms with E-state index in [1.54, 1.807) is 30.9 Å². The van der Waals surface area contributed by atoms with Crippen LogP contribution in [0.4, 0.5) is 8.78 Å². The number of carbonyl (C=O) groups is 4. The lowest BCUT2D eigenvalue weighted by Gasteiger charge is -2.28. The van der Waals surface area contributed by atoms with Crippen molar-refractivity contribution in [1.82, 2.24) is 20.9 Å². The molecule has 4 atom stereocenters. The Bertz CT molecular complexity index is 1600. The van der Waals surface area contributed by atoms with E-state index in [1.807, 2.05) is 44.2 Å². The van der Waals surface area contributed by atoms with E-state index < -0.39 is 60.3 Å². The van der Waals surface area contributed by atoms with Gasteiger partial charge < -0.3 is 35.4 Å². The third-order valence-corrected chi connectivity index (χ3v) is 8.28. The maximum absolute atomic E-state index is 13.9. The van der Waals surface area contributed by atoms with E-state index in [4.69, 9.17) is 9.47 Å².